The van der Waals surface area contributed by atoms with Crippen molar-refractivity contribution in [3.63, 3.8) is 0 Å². The maximum absolute atomic E-state index is 11.2. The molecular formula is C6H6N4O. The molecule has 2 aromatic rings. The summed E-state index contributed by atoms with van der Waals surface area (Å²) in [6, 6.07) is 0. The Kier molecular flexibility index (Phi) is 1.06. The Bertz CT molecular complexity index is 441. The van der Waals surface area contributed by atoms with Crippen LogP contribution in [-0.2, 0) is 7.05 Å². The summed E-state index contributed by atoms with van der Waals surface area (Å²) in [5.41, 5.74) is 0.222. The maximum Gasteiger partial charge on any atom is 0.310 e. The predicted octanol–water partition coefficient (Wildman–Crippen LogP) is -0.572. The lowest BCUT2D eigenvalue weighted by atomic mass is 10.7. The molecule has 0 N–H and O–H groups in total. The van der Waals surface area contributed by atoms with E-state index in [4.69, 9.17) is 0 Å². The average Bonchev–Trinajstić information content (AvgIpc) is 2.45. The van der Waals surface area contributed by atoms with Gasteiger partial charge in [0.15, 0.2) is 0 Å². The van der Waals surface area contributed by atoms with Crippen LogP contribution >= 0.6 is 0 Å². The van der Waals surface area contributed by atoms with Crippen molar-refractivity contribution in [2.24, 2.45) is 7.05 Å². The lowest BCUT2D eigenvalue weighted by Crippen LogP contribution is -2.21. The van der Waals surface area contributed by atoms with E-state index in [-0.39, 0.29) is 5.56 Å². The van der Waals surface area contributed by atoms with Crippen LogP contribution in [0.2, 0.25) is 0 Å². The minimum absolute atomic E-state index is 0.183. The summed E-state index contributed by atoms with van der Waals surface area (Å²) >= 11 is 0. The quantitative estimate of drug-likeness (QED) is 0.505. The number of imidazole rings is 1. The molecule has 0 bridgehead atoms. The Morgan fingerprint density at radius 1 is 1.55 bits per heavy atom. The van der Waals surface area contributed by atoms with Crippen molar-refractivity contribution in [3.05, 3.63) is 29.1 Å². The molecule has 2 aromatic heterocycles. The lowest BCUT2D eigenvalue weighted by molar-refractivity contribution is 0.688. The molecule has 0 spiro atoms. The number of rotatable bonds is 0. The first-order chi connectivity index (χ1) is 5.29. The van der Waals surface area contributed by atoms with Crippen molar-refractivity contribution >= 4 is 5.65 Å². The standard InChI is InChI=1S/C6H6N4O/c1-9-6(11)5-7-2-3-10(5)4-8-9/h2-4H,1H3. The van der Waals surface area contributed by atoms with Crippen LogP contribution in [0, 0.1) is 0 Å². The fraction of sp³-hybridized carbons (Fsp3) is 0.167. The van der Waals surface area contributed by atoms with E-state index in [0.29, 0.717) is 5.65 Å². The van der Waals surface area contributed by atoms with Gasteiger partial charge in [0, 0.05) is 19.4 Å². The van der Waals surface area contributed by atoms with Gasteiger partial charge in [-0.15, -0.1) is 0 Å². The molecule has 0 fully saturated rings. The Balaban J connectivity index is 3.05. The highest BCUT2D eigenvalue weighted by Crippen LogP contribution is 1.88. The normalized spacial score (nSPS) is 10.6. The van der Waals surface area contributed by atoms with Crippen LogP contribution in [0.15, 0.2) is 23.5 Å². The topological polar surface area (TPSA) is 52.2 Å². The summed E-state index contributed by atoms with van der Waals surface area (Å²) in [4.78, 5) is 15.1. The van der Waals surface area contributed by atoms with Crippen molar-refractivity contribution in [2.45, 2.75) is 0 Å². The van der Waals surface area contributed by atoms with Crippen molar-refractivity contribution in [1.82, 2.24) is 19.2 Å². The summed E-state index contributed by atoms with van der Waals surface area (Å²) in [6.45, 7) is 0. The largest absolute Gasteiger partial charge is 0.310 e. The minimum atomic E-state index is -0.183. The molecule has 2 rings (SSSR count). The van der Waals surface area contributed by atoms with Crippen LogP contribution < -0.4 is 5.56 Å². The second-order valence-electron chi connectivity index (χ2n) is 2.22. The van der Waals surface area contributed by atoms with Gasteiger partial charge in [-0.1, -0.05) is 0 Å². The molecule has 0 aliphatic heterocycles. The molecule has 0 amide bonds. The molecule has 0 radical (unpaired) electrons. The first-order valence-corrected chi connectivity index (χ1v) is 3.14. The average molecular weight is 150 g/mol. The number of nitrogens with zero attached hydrogens (tertiary/aromatic N) is 4. The molecule has 2 heterocycles. The third kappa shape index (κ3) is 0.739. The van der Waals surface area contributed by atoms with E-state index in [2.05, 4.69) is 10.1 Å². The van der Waals surface area contributed by atoms with Gasteiger partial charge in [0.2, 0.25) is 5.65 Å². The molecule has 5 nitrogen and oxygen atoms in total. The van der Waals surface area contributed by atoms with Gasteiger partial charge in [0.1, 0.15) is 6.33 Å². The molecular weight excluding hydrogens is 144 g/mol. The molecule has 0 aliphatic carbocycles. The molecule has 56 valence electrons. The van der Waals surface area contributed by atoms with Gasteiger partial charge in [-0.25, -0.2) is 9.67 Å². The molecule has 0 saturated heterocycles. The Morgan fingerprint density at radius 3 is 3.18 bits per heavy atom. The number of hydrogen-bond donors (Lipinski definition) is 0. The van der Waals surface area contributed by atoms with Gasteiger partial charge in [-0.2, -0.15) is 5.10 Å². The van der Waals surface area contributed by atoms with E-state index in [1.165, 1.54) is 4.68 Å². The molecule has 0 saturated carbocycles. The van der Waals surface area contributed by atoms with E-state index in [1.54, 1.807) is 30.2 Å². The van der Waals surface area contributed by atoms with Crippen molar-refractivity contribution in [3.8, 4) is 0 Å². The van der Waals surface area contributed by atoms with Gasteiger partial charge < -0.3 is 0 Å². The van der Waals surface area contributed by atoms with Gasteiger partial charge in [0.05, 0.1) is 0 Å². The highest BCUT2D eigenvalue weighted by Gasteiger charge is 1.99. The Hall–Kier alpha value is -1.65. The van der Waals surface area contributed by atoms with Crippen LogP contribution in [0.25, 0.3) is 5.65 Å². The number of fused-ring (bicyclic) bond motifs is 1. The fourth-order valence-electron chi connectivity index (χ4n) is 0.902. The third-order valence-corrected chi connectivity index (χ3v) is 1.50. The summed E-state index contributed by atoms with van der Waals surface area (Å²) in [6.07, 6.45) is 4.80. The van der Waals surface area contributed by atoms with Crippen molar-refractivity contribution < 1.29 is 0 Å². The van der Waals surface area contributed by atoms with Crippen LogP contribution in [0.3, 0.4) is 0 Å². The lowest BCUT2D eigenvalue weighted by Gasteiger charge is -1.94. The summed E-state index contributed by atoms with van der Waals surface area (Å²) < 4.78 is 2.84. The Morgan fingerprint density at radius 2 is 2.36 bits per heavy atom. The molecule has 0 atom stereocenters. The van der Waals surface area contributed by atoms with E-state index >= 15 is 0 Å². The summed E-state index contributed by atoms with van der Waals surface area (Å²) in [5, 5.41) is 3.81. The monoisotopic (exact) mass is 150 g/mol. The smallest absolute Gasteiger partial charge is 0.284 e. The highest BCUT2D eigenvalue weighted by atomic mass is 16.1. The predicted molar refractivity (Wildman–Crippen MR) is 38.2 cm³/mol. The van der Waals surface area contributed by atoms with Crippen LogP contribution in [0.4, 0.5) is 0 Å². The second kappa shape index (κ2) is 1.91. The molecule has 11 heavy (non-hydrogen) atoms. The van der Waals surface area contributed by atoms with Crippen LogP contribution in [0.1, 0.15) is 0 Å². The van der Waals surface area contributed by atoms with Gasteiger partial charge in [-0.3, -0.25) is 9.20 Å². The van der Waals surface area contributed by atoms with Crippen LogP contribution in [-0.4, -0.2) is 19.2 Å². The molecule has 0 unspecified atom stereocenters. The zero-order chi connectivity index (χ0) is 7.84. The fourth-order valence-corrected chi connectivity index (χ4v) is 0.902. The van der Waals surface area contributed by atoms with E-state index < -0.39 is 0 Å². The van der Waals surface area contributed by atoms with Crippen molar-refractivity contribution in [2.75, 3.05) is 0 Å². The minimum Gasteiger partial charge on any atom is -0.284 e. The highest BCUT2D eigenvalue weighted by molar-refractivity contribution is 5.33. The van der Waals surface area contributed by atoms with Gasteiger partial charge in [-0.05, 0) is 0 Å². The zero-order valence-corrected chi connectivity index (χ0v) is 5.93. The van der Waals surface area contributed by atoms with Gasteiger partial charge >= 0.3 is 5.56 Å². The summed E-state index contributed by atoms with van der Waals surface area (Å²) in [7, 11) is 1.59. The Labute approximate surface area is 61.9 Å². The number of hydrogen-bond acceptors (Lipinski definition) is 3. The molecule has 5 heteroatoms. The first kappa shape index (κ1) is 6.09. The van der Waals surface area contributed by atoms with Gasteiger partial charge in [0.25, 0.3) is 0 Å². The third-order valence-electron chi connectivity index (χ3n) is 1.50. The molecule has 0 aliphatic rings. The van der Waals surface area contributed by atoms with E-state index in [9.17, 15) is 4.79 Å². The number of aromatic nitrogens is 4. The first-order valence-electron chi connectivity index (χ1n) is 3.14. The second-order valence-corrected chi connectivity index (χ2v) is 2.22. The maximum atomic E-state index is 11.2. The zero-order valence-electron chi connectivity index (χ0n) is 5.93. The summed E-state index contributed by atoms with van der Waals surface area (Å²) in [5.74, 6) is 0. The van der Waals surface area contributed by atoms with Crippen LogP contribution in [0.5, 0.6) is 0 Å². The van der Waals surface area contributed by atoms with E-state index in [0.717, 1.165) is 0 Å². The SMILES string of the molecule is Cn1ncn2ccnc2c1=O. The number of aryl methyl sites for hydroxylation is 1. The van der Waals surface area contributed by atoms with E-state index in [1.807, 2.05) is 0 Å². The molecule has 0 aromatic carbocycles. The van der Waals surface area contributed by atoms with Crippen molar-refractivity contribution in [1.29, 1.82) is 0 Å².